The van der Waals surface area contributed by atoms with Crippen molar-refractivity contribution in [2.75, 3.05) is 0 Å². The molecular formula is C20H19NO3. The largest absolute Gasteiger partial charge is 0.489 e. The molecule has 0 atom stereocenters. The van der Waals surface area contributed by atoms with Crippen LogP contribution in [0, 0.1) is 6.92 Å². The number of furan rings is 1. The minimum atomic E-state index is -0.222. The van der Waals surface area contributed by atoms with Gasteiger partial charge in [0.05, 0.1) is 6.26 Å². The second-order valence-electron chi connectivity index (χ2n) is 5.58. The minimum Gasteiger partial charge on any atom is -0.489 e. The van der Waals surface area contributed by atoms with Crippen molar-refractivity contribution in [1.29, 1.82) is 0 Å². The Bertz CT molecular complexity index is 792. The molecule has 1 heterocycles. The molecule has 2 aromatic carbocycles. The van der Waals surface area contributed by atoms with Crippen molar-refractivity contribution in [2.45, 2.75) is 20.1 Å². The van der Waals surface area contributed by atoms with Gasteiger partial charge in [-0.05, 0) is 42.3 Å². The number of rotatable bonds is 6. The Morgan fingerprint density at radius 2 is 1.88 bits per heavy atom. The number of hydrogen-bond acceptors (Lipinski definition) is 3. The summed E-state index contributed by atoms with van der Waals surface area (Å²) >= 11 is 0. The molecule has 4 nitrogen and oxygen atoms in total. The number of nitrogens with one attached hydrogen (secondary N) is 1. The Kier molecular flexibility index (Phi) is 4.96. The number of ether oxygens (including phenoxy) is 1. The fourth-order valence-electron chi connectivity index (χ4n) is 2.35. The average Bonchev–Trinajstić information content (AvgIpc) is 3.13. The van der Waals surface area contributed by atoms with Crippen LogP contribution in [0.25, 0.3) is 0 Å². The van der Waals surface area contributed by atoms with Gasteiger partial charge in [-0.15, -0.1) is 0 Å². The first-order valence-electron chi connectivity index (χ1n) is 7.80. The van der Waals surface area contributed by atoms with Crippen molar-refractivity contribution < 1.29 is 13.9 Å². The lowest BCUT2D eigenvalue weighted by Gasteiger charge is -2.08. The van der Waals surface area contributed by atoms with Crippen LogP contribution in [0.4, 0.5) is 0 Å². The van der Waals surface area contributed by atoms with Gasteiger partial charge in [-0.1, -0.05) is 42.0 Å². The summed E-state index contributed by atoms with van der Waals surface area (Å²) in [5.74, 6) is 0.894. The van der Waals surface area contributed by atoms with Crippen molar-refractivity contribution in [1.82, 2.24) is 5.32 Å². The zero-order valence-electron chi connectivity index (χ0n) is 13.5. The molecule has 0 aliphatic carbocycles. The van der Waals surface area contributed by atoms with E-state index in [9.17, 15) is 4.79 Å². The molecule has 0 spiro atoms. The van der Waals surface area contributed by atoms with E-state index in [4.69, 9.17) is 9.15 Å². The molecule has 0 radical (unpaired) electrons. The minimum absolute atomic E-state index is 0.222. The fraction of sp³-hybridized carbons (Fsp3) is 0.150. The second-order valence-corrected chi connectivity index (χ2v) is 5.58. The van der Waals surface area contributed by atoms with Crippen molar-refractivity contribution in [3.63, 3.8) is 0 Å². The number of carbonyl (C=O) groups is 1. The summed E-state index contributed by atoms with van der Waals surface area (Å²) in [6.45, 7) is 3.04. The zero-order valence-corrected chi connectivity index (χ0v) is 13.5. The predicted octanol–water partition coefficient (Wildman–Crippen LogP) is 4.10. The van der Waals surface area contributed by atoms with Gasteiger partial charge in [-0.2, -0.15) is 0 Å². The molecule has 0 fully saturated rings. The number of benzene rings is 2. The summed E-state index contributed by atoms with van der Waals surface area (Å²) < 4.78 is 10.8. The summed E-state index contributed by atoms with van der Waals surface area (Å²) in [6.07, 6.45) is 1.48. The molecule has 0 unspecified atom stereocenters. The molecule has 0 saturated carbocycles. The summed E-state index contributed by atoms with van der Waals surface area (Å²) in [5.41, 5.74) is 3.36. The molecule has 122 valence electrons. The molecule has 0 bridgehead atoms. The first-order valence-corrected chi connectivity index (χ1v) is 7.80. The van der Waals surface area contributed by atoms with Crippen molar-refractivity contribution >= 4 is 5.91 Å². The monoisotopic (exact) mass is 321 g/mol. The van der Waals surface area contributed by atoms with E-state index < -0.39 is 0 Å². The maximum absolute atomic E-state index is 11.8. The lowest BCUT2D eigenvalue weighted by Crippen LogP contribution is -2.22. The van der Waals surface area contributed by atoms with Crippen LogP contribution in [0.3, 0.4) is 0 Å². The van der Waals surface area contributed by atoms with Crippen molar-refractivity contribution in [3.05, 3.63) is 89.4 Å². The highest BCUT2D eigenvalue weighted by atomic mass is 16.5. The zero-order chi connectivity index (χ0) is 16.8. The Balaban J connectivity index is 1.51. The highest BCUT2D eigenvalue weighted by Crippen LogP contribution is 2.15. The molecule has 24 heavy (non-hydrogen) atoms. The average molecular weight is 321 g/mol. The Morgan fingerprint density at radius 1 is 1.04 bits per heavy atom. The molecule has 3 aromatic rings. The summed E-state index contributed by atoms with van der Waals surface area (Å²) in [4.78, 5) is 11.8. The van der Waals surface area contributed by atoms with Gasteiger partial charge in [0.1, 0.15) is 12.4 Å². The standard InChI is InChI=1S/C20H19NO3/c1-15-4-2-5-17(12-15)14-24-18-9-7-16(8-10-18)13-21-20(22)19-6-3-11-23-19/h2-12H,13-14H2,1H3,(H,21,22). The normalized spacial score (nSPS) is 10.4. The van der Waals surface area contributed by atoms with Gasteiger partial charge in [0, 0.05) is 6.54 Å². The second kappa shape index (κ2) is 7.51. The van der Waals surface area contributed by atoms with Gasteiger partial charge < -0.3 is 14.5 Å². The van der Waals surface area contributed by atoms with E-state index in [0.717, 1.165) is 16.9 Å². The van der Waals surface area contributed by atoms with E-state index in [1.807, 2.05) is 36.4 Å². The summed E-state index contributed by atoms with van der Waals surface area (Å²) in [6, 6.07) is 19.3. The quantitative estimate of drug-likeness (QED) is 0.744. The molecule has 0 saturated heterocycles. The van der Waals surface area contributed by atoms with Gasteiger partial charge in [0.2, 0.25) is 0 Å². The van der Waals surface area contributed by atoms with Gasteiger partial charge in [-0.25, -0.2) is 0 Å². The summed E-state index contributed by atoms with van der Waals surface area (Å²) in [7, 11) is 0. The molecule has 1 aromatic heterocycles. The van der Waals surface area contributed by atoms with Crippen LogP contribution in [0.2, 0.25) is 0 Å². The third-order valence-electron chi connectivity index (χ3n) is 3.61. The third kappa shape index (κ3) is 4.26. The SMILES string of the molecule is Cc1cccc(COc2ccc(CNC(=O)c3ccco3)cc2)c1. The van der Waals surface area contributed by atoms with Crippen LogP contribution in [0.1, 0.15) is 27.2 Å². The number of amides is 1. The maximum atomic E-state index is 11.8. The molecule has 1 amide bonds. The van der Waals surface area contributed by atoms with E-state index in [0.29, 0.717) is 18.9 Å². The van der Waals surface area contributed by atoms with Gasteiger partial charge in [-0.3, -0.25) is 4.79 Å². The first kappa shape index (κ1) is 15.9. The molecular weight excluding hydrogens is 302 g/mol. The topological polar surface area (TPSA) is 51.5 Å². The van der Waals surface area contributed by atoms with Gasteiger partial charge in [0.15, 0.2) is 5.76 Å². The summed E-state index contributed by atoms with van der Waals surface area (Å²) in [5, 5.41) is 2.81. The van der Waals surface area contributed by atoms with Gasteiger partial charge in [0.25, 0.3) is 5.91 Å². The smallest absolute Gasteiger partial charge is 0.287 e. The Hall–Kier alpha value is -3.01. The third-order valence-corrected chi connectivity index (χ3v) is 3.61. The van der Waals surface area contributed by atoms with Crippen LogP contribution in [-0.2, 0) is 13.2 Å². The molecule has 1 N–H and O–H groups in total. The lowest BCUT2D eigenvalue weighted by atomic mass is 10.1. The van der Waals surface area contributed by atoms with Crippen LogP contribution in [-0.4, -0.2) is 5.91 Å². The van der Waals surface area contributed by atoms with Crippen LogP contribution in [0.15, 0.2) is 71.3 Å². The Labute approximate surface area is 141 Å². The van der Waals surface area contributed by atoms with E-state index >= 15 is 0 Å². The number of aryl methyl sites for hydroxylation is 1. The van der Waals surface area contributed by atoms with E-state index in [1.54, 1.807) is 12.1 Å². The van der Waals surface area contributed by atoms with Gasteiger partial charge >= 0.3 is 0 Å². The van der Waals surface area contributed by atoms with E-state index in [1.165, 1.54) is 11.8 Å². The highest BCUT2D eigenvalue weighted by Gasteiger charge is 2.07. The highest BCUT2D eigenvalue weighted by molar-refractivity contribution is 5.91. The number of hydrogen-bond donors (Lipinski definition) is 1. The Morgan fingerprint density at radius 3 is 2.58 bits per heavy atom. The molecule has 4 heteroatoms. The first-order chi connectivity index (χ1) is 11.7. The van der Waals surface area contributed by atoms with Crippen LogP contribution in [0.5, 0.6) is 5.75 Å². The van der Waals surface area contributed by atoms with E-state index in [-0.39, 0.29) is 5.91 Å². The predicted molar refractivity (Wildman–Crippen MR) is 91.8 cm³/mol. The number of carbonyl (C=O) groups excluding carboxylic acids is 1. The maximum Gasteiger partial charge on any atom is 0.287 e. The van der Waals surface area contributed by atoms with E-state index in [2.05, 4.69) is 24.4 Å². The molecule has 3 rings (SSSR count). The van der Waals surface area contributed by atoms with Crippen molar-refractivity contribution in [3.8, 4) is 5.75 Å². The molecule has 0 aliphatic rings. The van der Waals surface area contributed by atoms with Crippen molar-refractivity contribution in [2.24, 2.45) is 0 Å². The van der Waals surface area contributed by atoms with Crippen LogP contribution >= 0.6 is 0 Å². The van der Waals surface area contributed by atoms with Crippen LogP contribution < -0.4 is 10.1 Å². The fourth-order valence-corrected chi connectivity index (χ4v) is 2.35. The lowest BCUT2D eigenvalue weighted by molar-refractivity contribution is 0.0923. The molecule has 0 aliphatic heterocycles.